The van der Waals surface area contributed by atoms with Crippen LogP contribution in [0.15, 0.2) is 46.9 Å². The summed E-state index contributed by atoms with van der Waals surface area (Å²) in [7, 11) is 1.87. The van der Waals surface area contributed by atoms with Crippen molar-refractivity contribution in [2.24, 2.45) is 5.73 Å². The third-order valence-corrected chi connectivity index (χ3v) is 4.38. The molecule has 2 rings (SSSR count). The van der Waals surface area contributed by atoms with Crippen molar-refractivity contribution in [3.8, 4) is 0 Å². The van der Waals surface area contributed by atoms with Gasteiger partial charge in [-0.25, -0.2) is 4.39 Å². The van der Waals surface area contributed by atoms with Crippen molar-refractivity contribution in [2.75, 3.05) is 18.5 Å². The average Bonchev–Trinajstić information content (AvgIpc) is 2.44. The fraction of sp³-hybridized carbons (Fsp3) is 0.250. The van der Waals surface area contributed by atoms with Crippen LogP contribution in [0.1, 0.15) is 17.2 Å². The fourth-order valence-corrected chi connectivity index (χ4v) is 2.55. The van der Waals surface area contributed by atoms with Crippen LogP contribution in [0.4, 0.5) is 10.1 Å². The van der Waals surface area contributed by atoms with Crippen LogP contribution in [0, 0.1) is 12.7 Å². The highest BCUT2D eigenvalue weighted by molar-refractivity contribution is 9.10. The molecule has 0 radical (unpaired) electrons. The Labute approximate surface area is 127 Å². The van der Waals surface area contributed by atoms with E-state index in [0.717, 1.165) is 15.6 Å². The van der Waals surface area contributed by atoms with Gasteiger partial charge >= 0.3 is 0 Å². The number of aryl methyl sites for hydroxylation is 1. The molecule has 0 heterocycles. The summed E-state index contributed by atoms with van der Waals surface area (Å²) in [6.07, 6.45) is 0. The number of hydrogen-bond donors (Lipinski definition) is 1. The Morgan fingerprint density at radius 3 is 2.55 bits per heavy atom. The van der Waals surface area contributed by atoms with E-state index in [0.29, 0.717) is 12.2 Å². The number of para-hydroxylation sites is 1. The Bertz CT molecular complexity index is 601. The highest BCUT2D eigenvalue weighted by atomic mass is 79.9. The number of rotatable bonds is 4. The standard InChI is InChI=1S/C16H18BrFN2/c1-11-9-12(7-8-13(11)17)16(10-19)20(2)15-6-4-3-5-14(15)18/h3-9,16H,10,19H2,1-2H3. The summed E-state index contributed by atoms with van der Waals surface area (Å²) in [6.45, 7) is 2.45. The second-order valence-corrected chi connectivity index (χ2v) is 5.68. The Morgan fingerprint density at radius 2 is 1.95 bits per heavy atom. The van der Waals surface area contributed by atoms with Gasteiger partial charge in [0.15, 0.2) is 0 Å². The van der Waals surface area contributed by atoms with Crippen LogP contribution >= 0.6 is 15.9 Å². The van der Waals surface area contributed by atoms with Gasteiger partial charge in [-0.2, -0.15) is 0 Å². The van der Waals surface area contributed by atoms with Crippen LogP contribution in [0.5, 0.6) is 0 Å². The molecule has 1 unspecified atom stereocenters. The van der Waals surface area contributed by atoms with Crippen molar-refractivity contribution >= 4 is 21.6 Å². The SMILES string of the molecule is Cc1cc(C(CN)N(C)c2ccccc2F)ccc1Br. The van der Waals surface area contributed by atoms with E-state index >= 15 is 0 Å². The molecule has 0 spiro atoms. The van der Waals surface area contributed by atoms with Crippen molar-refractivity contribution in [1.29, 1.82) is 0 Å². The molecule has 20 heavy (non-hydrogen) atoms. The molecule has 0 saturated heterocycles. The topological polar surface area (TPSA) is 29.3 Å². The lowest BCUT2D eigenvalue weighted by Gasteiger charge is -2.30. The minimum absolute atomic E-state index is 0.0568. The van der Waals surface area contributed by atoms with E-state index in [1.807, 2.05) is 37.1 Å². The van der Waals surface area contributed by atoms with Crippen molar-refractivity contribution in [3.05, 3.63) is 63.9 Å². The molecular formula is C16H18BrFN2. The Balaban J connectivity index is 2.36. The molecule has 0 aromatic heterocycles. The first-order chi connectivity index (χ1) is 9.54. The maximum atomic E-state index is 13.9. The maximum Gasteiger partial charge on any atom is 0.146 e. The van der Waals surface area contributed by atoms with Gasteiger partial charge in [0.25, 0.3) is 0 Å². The summed E-state index contributed by atoms with van der Waals surface area (Å²) in [5.41, 5.74) is 8.69. The molecule has 0 aliphatic carbocycles. The highest BCUT2D eigenvalue weighted by Crippen LogP contribution is 2.29. The number of anilines is 1. The number of halogens is 2. The van der Waals surface area contributed by atoms with E-state index in [9.17, 15) is 4.39 Å². The quantitative estimate of drug-likeness (QED) is 0.913. The van der Waals surface area contributed by atoms with Gasteiger partial charge in [0.05, 0.1) is 11.7 Å². The second kappa shape index (κ2) is 6.37. The van der Waals surface area contributed by atoms with Gasteiger partial charge in [0.2, 0.25) is 0 Å². The summed E-state index contributed by atoms with van der Waals surface area (Å²) in [4.78, 5) is 1.89. The largest absolute Gasteiger partial charge is 0.364 e. The second-order valence-electron chi connectivity index (χ2n) is 4.82. The van der Waals surface area contributed by atoms with Crippen LogP contribution in [0.25, 0.3) is 0 Å². The predicted octanol–water partition coefficient (Wildman–Crippen LogP) is 4.03. The smallest absolute Gasteiger partial charge is 0.146 e. The van der Waals surface area contributed by atoms with Crippen LogP contribution in [0.3, 0.4) is 0 Å². The first-order valence-electron chi connectivity index (χ1n) is 6.48. The van der Waals surface area contributed by atoms with Crippen molar-refractivity contribution in [3.63, 3.8) is 0 Å². The third-order valence-electron chi connectivity index (χ3n) is 3.49. The van der Waals surface area contributed by atoms with E-state index in [-0.39, 0.29) is 11.9 Å². The fourth-order valence-electron chi connectivity index (χ4n) is 2.30. The number of hydrogen-bond acceptors (Lipinski definition) is 2. The number of nitrogens with zero attached hydrogens (tertiary/aromatic N) is 1. The number of likely N-dealkylation sites (N-methyl/N-ethyl adjacent to an activating group) is 1. The molecule has 4 heteroatoms. The predicted molar refractivity (Wildman–Crippen MR) is 85.5 cm³/mol. The lowest BCUT2D eigenvalue weighted by atomic mass is 10.0. The third kappa shape index (κ3) is 3.02. The summed E-state index contributed by atoms with van der Waals surface area (Å²) >= 11 is 3.49. The molecule has 2 nitrogen and oxygen atoms in total. The molecule has 2 aromatic rings. The zero-order valence-electron chi connectivity index (χ0n) is 11.6. The van der Waals surface area contributed by atoms with Gasteiger partial charge in [-0.15, -0.1) is 0 Å². The van der Waals surface area contributed by atoms with Gasteiger partial charge in [-0.3, -0.25) is 0 Å². The summed E-state index contributed by atoms with van der Waals surface area (Å²) in [5.74, 6) is -0.234. The summed E-state index contributed by atoms with van der Waals surface area (Å²) in [6, 6.07) is 12.8. The minimum atomic E-state index is -0.234. The molecule has 2 aromatic carbocycles. The van der Waals surface area contributed by atoms with Gasteiger partial charge in [0.1, 0.15) is 5.82 Å². The van der Waals surface area contributed by atoms with Crippen LogP contribution < -0.4 is 10.6 Å². The van der Waals surface area contributed by atoms with Crippen LogP contribution in [-0.2, 0) is 0 Å². The van der Waals surface area contributed by atoms with E-state index in [1.165, 1.54) is 6.07 Å². The Kier molecular flexibility index (Phi) is 4.78. The minimum Gasteiger partial charge on any atom is -0.364 e. The van der Waals surface area contributed by atoms with Gasteiger partial charge in [-0.1, -0.05) is 40.2 Å². The zero-order chi connectivity index (χ0) is 14.7. The molecule has 0 aliphatic rings. The summed E-state index contributed by atoms with van der Waals surface area (Å²) < 4.78 is 15.0. The Morgan fingerprint density at radius 1 is 1.25 bits per heavy atom. The molecule has 0 aliphatic heterocycles. The van der Waals surface area contributed by atoms with Gasteiger partial charge in [-0.05, 0) is 36.2 Å². The van der Waals surface area contributed by atoms with E-state index in [4.69, 9.17) is 5.73 Å². The lowest BCUT2D eigenvalue weighted by molar-refractivity contribution is 0.603. The molecule has 2 N–H and O–H groups in total. The molecule has 0 bridgehead atoms. The van der Waals surface area contributed by atoms with Gasteiger partial charge < -0.3 is 10.6 Å². The first kappa shape index (κ1) is 15.0. The lowest BCUT2D eigenvalue weighted by Crippen LogP contribution is -2.31. The molecular weight excluding hydrogens is 319 g/mol. The highest BCUT2D eigenvalue weighted by Gasteiger charge is 2.18. The Hall–Kier alpha value is -1.39. The first-order valence-corrected chi connectivity index (χ1v) is 7.27. The normalized spacial score (nSPS) is 12.2. The van der Waals surface area contributed by atoms with Crippen molar-refractivity contribution < 1.29 is 4.39 Å². The van der Waals surface area contributed by atoms with Crippen molar-refractivity contribution in [1.82, 2.24) is 0 Å². The number of benzene rings is 2. The summed E-state index contributed by atoms with van der Waals surface area (Å²) in [5, 5.41) is 0. The zero-order valence-corrected chi connectivity index (χ0v) is 13.2. The number of nitrogens with two attached hydrogens (primary N) is 1. The maximum absolute atomic E-state index is 13.9. The van der Waals surface area contributed by atoms with Crippen LogP contribution in [-0.4, -0.2) is 13.6 Å². The molecule has 0 saturated carbocycles. The van der Waals surface area contributed by atoms with Crippen LogP contribution in [0.2, 0.25) is 0 Å². The van der Waals surface area contributed by atoms with E-state index in [2.05, 4.69) is 22.0 Å². The molecule has 0 fully saturated rings. The van der Waals surface area contributed by atoms with E-state index in [1.54, 1.807) is 12.1 Å². The van der Waals surface area contributed by atoms with E-state index < -0.39 is 0 Å². The van der Waals surface area contributed by atoms with Gasteiger partial charge in [0, 0.05) is 18.1 Å². The monoisotopic (exact) mass is 336 g/mol. The molecule has 1 atom stereocenters. The molecule has 0 amide bonds. The average molecular weight is 337 g/mol. The molecule has 106 valence electrons. The van der Waals surface area contributed by atoms with Crippen molar-refractivity contribution in [2.45, 2.75) is 13.0 Å².